The number of hydrogen-bond donors (Lipinski definition) is 0. The van der Waals surface area contributed by atoms with E-state index in [1.807, 2.05) is 35.7 Å². The molecule has 4 rings (SSSR count). The number of amides is 1. The van der Waals surface area contributed by atoms with Gasteiger partial charge >= 0.3 is 0 Å². The summed E-state index contributed by atoms with van der Waals surface area (Å²) in [5, 5.41) is 2.77. The van der Waals surface area contributed by atoms with E-state index in [4.69, 9.17) is 0 Å². The van der Waals surface area contributed by atoms with Crippen LogP contribution in [-0.2, 0) is 6.42 Å². The Morgan fingerprint density at radius 2 is 1.92 bits per heavy atom. The lowest BCUT2D eigenvalue weighted by molar-refractivity contribution is 0.0785. The predicted molar refractivity (Wildman–Crippen MR) is 101 cm³/mol. The molecule has 1 aliphatic rings. The molecular formula is C21H19FN2OS. The van der Waals surface area contributed by atoms with Crippen molar-refractivity contribution in [3.05, 3.63) is 87.6 Å². The van der Waals surface area contributed by atoms with Crippen LogP contribution in [-0.4, -0.2) is 28.9 Å². The van der Waals surface area contributed by atoms with Gasteiger partial charge in [0.15, 0.2) is 0 Å². The van der Waals surface area contributed by atoms with E-state index >= 15 is 0 Å². The molecule has 0 radical (unpaired) electrons. The van der Waals surface area contributed by atoms with Crippen LogP contribution in [0.15, 0.2) is 60.0 Å². The van der Waals surface area contributed by atoms with Crippen LogP contribution in [0.1, 0.15) is 39.0 Å². The number of carbonyl (C=O) groups excluding carboxylic acids is 1. The Hall–Kier alpha value is -2.53. The molecule has 0 spiro atoms. The number of nitrogens with zero attached hydrogens (tertiary/aromatic N) is 2. The first-order valence-electron chi connectivity index (χ1n) is 8.73. The first-order chi connectivity index (χ1) is 12.7. The monoisotopic (exact) mass is 366 g/mol. The third kappa shape index (κ3) is 3.53. The zero-order chi connectivity index (χ0) is 17.9. The van der Waals surface area contributed by atoms with Gasteiger partial charge in [0.05, 0.1) is 5.01 Å². The van der Waals surface area contributed by atoms with Gasteiger partial charge in [-0.3, -0.25) is 4.79 Å². The lowest BCUT2D eigenvalue weighted by Crippen LogP contribution is -2.28. The minimum atomic E-state index is -0.189. The second-order valence-electron chi connectivity index (χ2n) is 6.55. The molecule has 1 atom stereocenters. The second kappa shape index (κ2) is 7.38. The Labute approximate surface area is 156 Å². The van der Waals surface area contributed by atoms with Crippen molar-refractivity contribution in [2.24, 2.45) is 0 Å². The van der Waals surface area contributed by atoms with Crippen LogP contribution >= 0.6 is 11.3 Å². The van der Waals surface area contributed by atoms with Crippen LogP contribution in [0.4, 0.5) is 4.39 Å². The summed E-state index contributed by atoms with van der Waals surface area (Å²) in [7, 11) is 0. The van der Waals surface area contributed by atoms with E-state index in [9.17, 15) is 9.18 Å². The van der Waals surface area contributed by atoms with Crippen LogP contribution in [0.25, 0.3) is 0 Å². The maximum Gasteiger partial charge on any atom is 0.273 e. The summed E-state index contributed by atoms with van der Waals surface area (Å²) in [6.45, 7) is 1.19. The highest BCUT2D eigenvalue weighted by molar-refractivity contribution is 7.09. The number of aromatic nitrogens is 1. The van der Waals surface area contributed by atoms with Gasteiger partial charge in [0, 0.05) is 30.8 Å². The van der Waals surface area contributed by atoms with E-state index in [1.165, 1.54) is 23.0 Å². The van der Waals surface area contributed by atoms with Crippen molar-refractivity contribution in [2.75, 3.05) is 13.1 Å². The molecule has 2 aromatic carbocycles. The molecule has 1 aromatic heterocycles. The third-order valence-electron chi connectivity index (χ3n) is 4.79. The summed E-state index contributed by atoms with van der Waals surface area (Å²) in [4.78, 5) is 19.1. The summed E-state index contributed by atoms with van der Waals surface area (Å²) >= 11 is 1.51. The number of rotatable bonds is 4. The van der Waals surface area contributed by atoms with E-state index < -0.39 is 0 Å². The molecule has 1 aliphatic heterocycles. The highest BCUT2D eigenvalue weighted by atomic mass is 32.1. The molecule has 0 aliphatic carbocycles. The van der Waals surface area contributed by atoms with Crippen LogP contribution in [0.3, 0.4) is 0 Å². The van der Waals surface area contributed by atoms with E-state index in [2.05, 4.69) is 17.1 Å². The van der Waals surface area contributed by atoms with Gasteiger partial charge in [0.1, 0.15) is 11.5 Å². The van der Waals surface area contributed by atoms with E-state index in [0.29, 0.717) is 24.3 Å². The van der Waals surface area contributed by atoms with E-state index in [-0.39, 0.29) is 17.6 Å². The molecule has 0 N–H and O–H groups in total. The zero-order valence-electron chi connectivity index (χ0n) is 14.3. The van der Waals surface area contributed by atoms with Gasteiger partial charge in [-0.15, -0.1) is 11.3 Å². The predicted octanol–water partition coefficient (Wildman–Crippen LogP) is 4.50. The maximum absolute atomic E-state index is 14.0. The molecule has 5 heteroatoms. The van der Waals surface area contributed by atoms with Crippen molar-refractivity contribution in [2.45, 2.75) is 18.8 Å². The zero-order valence-corrected chi connectivity index (χ0v) is 15.1. The first kappa shape index (κ1) is 16.9. The fraction of sp³-hybridized carbons (Fsp3) is 0.238. The minimum Gasteiger partial charge on any atom is -0.337 e. The van der Waals surface area contributed by atoms with Gasteiger partial charge in [0.25, 0.3) is 5.91 Å². The largest absolute Gasteiger partial charge is 0.337 e. The van der Waals surface area contributed by atoms with E-state index in [1.54, 1.807) is 11.0 Å². The number of hydrogen-bond acceptors (Lipinski definition) is 3. The van der Waals surface area contributed by atoms with Crippen LogP contribution < -0.4 is 0 Å². The number of halogens is 1. The molecule has 2 heterocycles. The number of benzene rings is 2. The Bertz CT molecular complexity index is 909. The standard InChI is InChI=1S/C21H19FN2OS/c22-18-9-5-4-8-17(18)16-10-11-24(13-16)21(25)19-14-26-20(23-19)12-15-6-2-1-3-7-15/h1-9,14,16H,10-13H2/t16-/m1/s1. The fourth-order valence-corrected chi connectivity index (χ4v) is 4.23. The summed E-state index contributed by atoms with van der Waals surface area (Å²) < 4.78 is 14.0. The smallest absolute Gasteiger partial charge is 0.273 e. The van der Waals surface area contributed by atoms with Crippen molar-refractivity contribution >= 4 is 17.2 Å². The number of likely N-dealkylation sites (tertiary alicyclic amines) is 1. The summed E-state index contributed by atoms with van der Waals surface area (Å²) in [5.74, 6) is -0.187. The molecule has 132 valence electrons. The van der Waals surface area contributed by atoms with Crippen molar-refractivity contribution in [3.63, 3.8) is 0 Å². The average Bonchev–Trinajstić information content (AvgIpc) is 3.32. The molecule has 0 unspecified atom stereocenters. The van der Waals surface area contributed by atoms with Gasteiger partial charge < -0.3 is 4.90 Å². The molecule has 0 bridgehead atoms. The SMILES string of the molecule is O=C(c1csc(Cc2ccccc2)n1)N1CC[C@@H](c2ccccc2F)C1. The molecular weight excluding hydrogens is 347 g/mol. The third-order valence-corrected chi connectivity index (χ3v) is 5.64. The molecule has 1 fully saturated rings. The summed E-state index contributed by atoms with van der Waals surface area (Å²) in [6.07, 6.45) is 1.52. The Balaban J connectivity index is 1.43. The van der Waals surface area contributed by atoms with Gasteiger partial charge in [-0.05, 0) is 23.6 Å². The van der Waals surface area contributed by atoms with Crippen LogP contribution in [0.2, 0.25) is 0 Å². The Kier molecular flexibility index (Phi) is 4.80. The lowest BCUT2D eigenvalue weighted by atomic mass is 9.98. The summed E-state index contributed by atoms with van der Waals surface area (Å²) in [6, 6.07) is 16.9. The minimum absolute atomic E-state index is 0.0561. The van der Waals surface area contributed by atoms with Gasteiger partial charge in [0.2, 0.25) is 0 Å². The topological polar surface area (TPSA) is 33.2 Å². The second-order valence-corrected chi connectivity index (χ2v) is 7.49. The van der Waals surface area contributed by atoms with E-state index in [0.717, 1.165) is 17.8 Å². The van der Waals surface area contributed by atoms with Crippen LogP contribution in [0.5, 0.6) is 0 Å². The molecule has 1 amide bonds. The first-order valence-corrected chi connectivity index (χ1v) is 9.60. The van der Waals surface area contributed by atoms with Gasteiger partial charge in [-0.25, -0.2) is 9.37 Å². The molecule has 3 nitrogen and oxygen atoms in total. The highest BCUT2D eigenvalue weighted by Gasteiger charge is 2.30. The molecule has 0 saturated carbocycles. The summed E-state index contributed by atoms with van der Waals surface area (Å²) in [5.41, 5.74) is 2.38. The normalized spacial score (nSPS) is 16.8. The fourth-order valence-electron chi connectivity index (χ4n) is 3.43. The quantitative estimate of drug-likeness (QED) is 0.681. The van der Waals surface area contributed by atoms with Crippen molar-refractivity contribution in [1.29, 1.82) is 0 Å². The van der Waals surface area contributed by atoms with Crippen molar-refractivity contribution in [1.82, 2.24) is 9.88 Å². The highest BCUT2D eigenvalue weighted by Crippen LogP contribution is 2.30. The van der Waals surface area contributed by atoms with Crippen molar-refractivity contribution < 1.29 is 9.18 Å². The molecule has 26 heavy (non-hydrogen) atoms. The molecule has 1 saturated heterocycles. The molecule has 3 aromatic rings. The Morgan fingerprint density at radius 1 is 1.15 bits per heavy atom. The Morgan fingerprint density at radius 3 is 2.73 bits per heavy atom. The number of carbonyl (C=O) groups is 1. The van der Waals surface area contributed by atoms with Crippen LogP contribution in [0, 0.1) is 5.82 Å². The number of thiazole rings is 1. The van der Waals surface area contributed by atoms with Gasteiger partial charge in [-0.2, -0.15) is 0 Å². The maximum atomic E-state index is 14.0. The van der Waals surface area contributed by atoms with Crippen molar-refractivity contribution in [3.8, 4) is 0 Å². The lowest BCUT2D eigenvalue weighted by Gasteiger charge is -2.15. The average molecular weight is 366 g/mol. The van der Waals surface area contributed by atoms with Gasteiger partial charge in [-0.1, -0.05) is 48.5 Å².